The number of nitrogens with zero attached hydrogens (tertiary/aromatic N) is 5. The van der Waals surface area contributed by atoms with E-state index in [4.69, 9.17) is 9.26 Å². The van der Waals surface area contributed by atoms with Gasteiger partial charge in [0.15, 0.2) is 6.61 Å². The van der Waals surface area contributed by atoms with Gasteiger partial charge in [-0.25, -0.2) is 9.97 Å². The minimum atomic E-state index is -0.222. The van der Waals surface area contributed by atoms with Crippen molar-refractivity contribution < 1.29 is 14.1 Å². The summed E-state index contributed by atoms with van der Waals surface area (Å²) >= 11 is 1.70. The van der Waals surface area contributed by atoms with Crippen LogP contribution in [0.25, 0.3) is 21.6 Å². The smallest absolute Gasteiger partial charge is 0.309 e. The molecule has 4 heterocycles. The van der Waals surface area contributed by atoms with Crippen LogP contribution in [0.5, 0.6) is 0 Å². The molecule has 33 heavy (non-hydrogen) atoms. The standard InChI is InChI=1S/C24H25N5O3S/c1-14-4-6-17(7-5-14)21-27-19(32-28-21)12-31-24(30)18-8-10-29(11-9-18)22-20-15(2)16(3)33-23(20)26-13-25-22/h4-7,13,18H,8-12H2,1-3H3. The number of hydrogen-bond acceptors (Lipinski definition) is 9. The fourth-order valence-corrected chi connectivity index (χ4v) is 5.11. The van der Waals surface area contributed by atoms with Gasteiger partial charge in [-0.1, -0.05) is 35.0 Å². The van der Waals surface area contributed by atoms with E-state index in [2.05, 4.69) is 38.9 Å². The van der Waals surface area contributed by atoms with Crippen LogP contribution in [0, 0.1) is 26.7 Å². The van der Waals surface area contributed by atoms with Crippen molar-refractivity contribution in [2.24, 2.45) is 5.92 Å². The molecule has 0 aliphatic carbocycles. The van der Waals surface area contributed by atoms with E-state index in [0.717, 1.165) is 40.3 Å². The van der Waals surface area contributed by atoms with E-state index < -0.39 is 0 Å². The number of aromatic nitrogens is 4. The number of carbonyl (C=O) groups is 1. The van der Waals surface area contributed by atoms with Crippen molar-refractivity contribution in [3.05, 3.63) is 52.5 Å². The number of benzene rings is 1. The van der Waals surface area contributed by atoms with Gasteiger partial charge in [-0.3, -0.25) is 4.79 Å². The predicted molar refractivity (Wildman–Crippen MR) is 126 cm³/mol. The molecular weight excluding hydrogens is 438 g/mol. The fraction of sp³-hybridized carbons (Fsp3) is 0.375. The molecule has 1 saturated heterocycles. The SMILES string of the molecule is Cc1ccc(-c2noc(COC(=O)C3CCN(c4ncnc5sc(C)c(C)c45)CC3)n2)cc1. The number of hydrogen-bond donors (Lipinski definition) is 0. The average Bonchev–Trinajstić information content (AvgIpc) is 3.42. The van der Waals surface area contributed by atoms with Gasteiger partial charge in [0.2, 0.25) is 5.82 Å². The summed E-state index contributed by atoms with van der Waals surface area (Å²) in [6.07, 6.45) is 3.05. The van der Waals surface area contributed by atoms with Crippen molar-refractivity contribution in [1.29, 1.82) is 0 Å². The monoisotopic (exact) mass is 463 g/mol. The Hall–Kier alpha value is -3.33. The molecule has 0 unspecified atom stereocenters. The summed E-state index contributed by atoms with van der Waals surface area (Å²) in [5, 5.41) is 5.12. The first-order valence-electron chi connectivity index (χ1n) is 11.0. The van der Waals surface area contributed by atoms with Crippen LogP contribution in [-0.2, 0) is 16.1 Å². The summed E-state index contributed by atoms with van der Waals surface area (Å²) in [5.74, 6) is 1.37. The largest absolute Gasteiger partial charge is 0.455 e. The topological polar surface area (TPSA) is 94.2 Å². The van der Waals surface area contributed by atoms with Crippen molar-refractivity contribution >= 4 is 33.3 Å². The van der Waals surface area contributed by atoms with Crippen LogP contribution < -0.4 is 4.90 Å². The third kappa shape index (κ3) is 4.32. The van der Waals surface area contributed by atoms with Crippen molar-refractivity contribution in [2.75, 3.05) is 18.0 Å². The highest BCUT2D eigenvalue weighted by molar-refractivity contribution is 7.18. The molecular formula is C24H25N5O3S. The number of piperidine rings is 1. The minimum Gasteiger partial charge on any atom is -0.455 e. The highest BCUT2D eigenvalue weighted by atomic mass is 32.1. The molecule has 0 N–H and O–H groups in total. The number of esters is 1. The maximum absolute atomic E-state index is 12.6. The summed E-state index contributed by atoms with van der Waals surface area (Å²) in [6, 6.07) is 7.86. The summed E-state index contributed by atoms with van der Waals surface area (Å²) in [4.78, 5) is 30.5. The van der Waals surface area contributed by atoms with Gasteiger partial charge >= 0.3 is 5.97 Å². The van der Waals surface area contributed by atoms with E-state index in [1.54, 1.807) is 17.7 Å². The van der Waals surface area contributed by atoms with Gasteiger partial charge in [0.05, 0.1) is 11.3 Å². The van der Waals surface area contributed by atoms with E-state index >= 15 is 0 Å². The summed E-state index contributed by atoms with van der Waals surface area (Å²) in [5.41, 5.74) is 3.26. The second-order valence-corrected chi connectivity index (χ2v) is 9.61. The van der Waals surface area contributed by atoms with E-state index in [0.29, 0.717) is 24.6 Å². The number of fused-ring (bicyclic) bond motifs is 1. The molecule has 3 aromatic heterocycles. The van der Waals surface area contributed by atoms with E-state index in [1.807, 2.05) is 31.2 Å². The Morgan fingerprint density at radius 1 is 1.15 bits per heavy atom. The molecule has 0 amide bonds. The second-order valence-electron chi connectivity index (χ2n) is 8.41. The van der Waals surface area contributed by atoms with Crippen LogP contribution in [0.2, 0.25) is 0 Å². The quantitative estimate of drug-likeness (QED) is 0.396. The number of thiophene rings is 1. The fourth-order valence-electron chi connectivity index (χ4n) is 4.11. The molecule has 1 fully saturated rings. The van der Waals surface area contributed by atoms with E-state index in [9.17, 15) is 4.79 Å². The molecule has 9 heteroatoms. The maximum atomic E-state index is 12.6. The molecule has 0 spiro atoms. The van der Waals surface area contributed by atoms with Crippen molar-refractivity contribution in [2.45, 2.75) is 40.2 Å². The van der Waals surface area contributed by atoms with E-state index in [1.165, 1.54) is 10.4 Å². The lowest BCUT2D eigenvalue weighted by Gasteiger charge is -2.32. The van der Waals surface area contributed by atoms with Crippen LogP contribution in [0.1, 0.15) is 34.7 Å². The second kappa shape index (κ2) is 8.90. The first-order valence-corrected chi connectivity index (χ1v) is 11.8. The maximum Gasteiger partial charge on any atom is 0.309 e. The Bertz CT molecular complexity index is 1290. The number of carbonyl (C=O) groups excluding carboxylic acids is 1. The van der Waals surface area contributed by atoms with Crippen LogP contribution in [0.3, 0.4) is 0 Å². The molecule has 4 aromatic rings. The first-order chi connectivity index (χ1) is 16.0. The van der Waals surface area contributed by atoms with Crippen LogP contribution in [0.4, 0.5) is 5.82 Å². The third-order valence-electron chi connectivity index (χ3n) is 6.19. The number of rotatable bonds is 5. The summed E-state index contributed by atoms with van der Waals surface area (Å²) in [7, 11) is 0. The number of ether oxygens (including phenoxy) is 1. The van der Waals surface area contributed by atoms with Gasteiger partial charge in [-0.15, -0.1) is 11.3 Å². The Morgan fingerprint density at radius 2 is 1.91 bits per heavy atom. The lowest BCUT2D eigenvalue weighted by Crippen LogP contribution is -2.37. The Morgan fingerprint density at radius 3 is 2.67 bits per heavy atom. The average molecular weight is 464 g/mol. The number of aryl methyl sites for hydroxylation is 3. The molecule has 0 radical (unpaired) electrons. The van der Waals surface area contributed by atoms with Crippen LogP contribution in [-0.4, -0.2) is 39.2 Å². The highest BCUT2D eigenvalue weighted by Crippen LogP contribution is 2.35. The molecule has 0 atom stereocenters. The first kappa shape index (κ1) is 21.5. The van der Waals surface area contributed by atoms with Crippen molar-refractivity contribution in [3.63, 3.8) is 0 Å². The zero-order valence-electron chi connectivity index (χ0n) is 18.9. The molecule has 1 aromatic carbocycles. The van der Waals surface area contributed by atoms with Crippen LogP contribution >= 0.6 is 11.3 Å². The van der Waals surface area contributed by atoms with Gasteiger partial charge in [0.1, 0.15) is 17.0 Å². The van der Waals surface area contributed by atoms with Crippen LogP contribution in [0.15, 0.2) is 35.1 Å². The highest BCUT2D eigenvalue weighted by Gasteiger charge is 2.28. The third-order valence-corrected chi connectivity index (χ3v) is 7.30. The van der Waals surface area contributed by atoms with Gasteiger partial charge in [-0.05, 0) is 39.2 Å². The lowest BCUT2D eigenvalue weighted by atomic mass is 9.97. The lowest BCUT2D eigenvalue weighted by molar-refractivity contribution is -0.151. The normalized spacial score (nSPS) is 14.7. The van der Waals surface area contributed by atoms with Gasteiger partial charge in [0.25, 0.3) is 5.89 Å². The summed E-state index contributed by atoms with van der Waals surface area (Å²) in [6.45, 7) is 7.73. The Balaban J connectivity index is 1.18. The molecule has 0 saturated carbocycles. The Labute approximate surface area is 195 Å². The van der Waals surface area contributed by atoms with Crippen molar-refractivity contribution in [1.82, 2.24) is 20.1 Å². The minimum absolute atomic E-state index is 0.0161. The molecule has 8 nitrogen and oxygen atoms in total. The molecule has 5 rings (SSSR count). The molecule has 0 bridgehead atoms. The van der Waals surface area contributed by atoms with Crippen molar-refractivity contribution in [3.8, 4) is 11.4 Å². The zero-order chi connectivity index (χ0) is 22.9. The van der Waals surface area contributed by atoms with Gasteiger partial charge in [0, 0.05) is 23.5 Å². The van der Waals surface area contributed by atoms with Gasteiger partial charge < -0.3 is 14.2 Å². The van der Waals surface area contributed by atoms with Gasteiger partial charge in [-0.2, -0.15) is 4.98 Å². The Kier molecular flexibility index (Phi) is 5.80. The summed E-state index contributed by atoms with van der Waals surface area (Å²) < 4.78 is 10.7. The molecule has 170 valence electrons. The number of anilines is 1. The van der Waals surface area contributed by atoms with E-state index in [-0.39, 0.29) is 18.5 Å². The molecule has 1 aliphatic rings. The molecule has 1 aliphatic heterocycles. The zero-order valence-corrected chi connectivity index (χ0v) is 19.7. The predicted octanol–water partition coefficient (Wildman–Crippen LogP) is 4.63.